The molecule has 0 saturated heterocycles. The number of carbonyl (C=O) groups excluding carboxylic acids is 1. The van der Waals surface area contributed by atoms with E-state index in [1.165, 1.54) is 19.3 Å². The molecular formula is C26H38N2O2. The second-order valence-electron chi connectivity index (χ2n) is 11.5. The zero-order valence-electron chi connectivity index (χ0n) is 19.4. The first-order chi connectivity index (χ1) is 14.1. The van der Waals surface area contributed by atoms with Gasteiger partial charge >= 0.3 is 0 Å². The average Bonchev–Trinajstić information content (AvgIpc) is 3.10. The first-order valence-electron chi connectivity index (χ1n) is 12.1. The summed E-state index contributed by atoms with van der Waals surface area (Å²) in [6, 6.07) is 0. The van der Waals surface area contributed by atoms with Gasteiger partial charge in [0.25, 0.3) is 0 Å². The Balaban J connectivity index is 1.47. The van der Waals surface area contributed by atoms with Gasteiger partial charge in [-0.15, -0.1) is 0 Å². The molecule has 4 fully saturated rings. The molecule has 0 bridgehead atoms. The Kier molecular flexibility index (Phi) is 4.63. The van der Waals surface area contributed by atoms with Crippen molar-refractivity contribution in [1.29, 1.82) is 0 Å². The second kappa shape index (κ2) is 6.79. The number of nitrogens with zero attached hydrogens (tertiary/aromatic N) is 2. The molecule has 1 aromatic rings. The van der Waals surface area contributed by atoms with Gasteiger partial charge in [-0.05, 0) is 106 Å². The fraction of sp³-hybridized carbons (Fsp3) is 0.769. The molecule has 0 radical (unpaired) electrons. The highest BCUT2D eigenvalue weighted by molar-refractivity contribution is 6.06. The van der Waals surface area contributed by atoms with E-state index in [0.29, 0.717) is 29.0 Å². The summed E-state index contributed by atoms with van der Waals surface area (Å²) < 4.78 is 1.92. The van der Waals surface area contributed by atoms with Gasteiger partial charge in [-0.1, -0.05) is 13.8 Å². The van der Waals surface area contributed by atoms with Crippen molar-refractivity contribution < 1.29 is 9.90 Å². The van der Waals surface area contributed by atoms with Gasteiger partial charge in [0, 0.05) is 23.7 Å². The van der Waals surface area contributed by atoms with Crippen molar-refractivity contribution in [2.24, 2.45) is 41.5 Å². The SMILES string of the molecule is Cc1nn(C)c(C)c1/C=C1\C[C@@H]2[C@H]3CC[C@H]4C[C@@H](O)CC[C@]4(C)[C@@H]3CC[C@@]2(C)C1=O. The molecule has 4 heteroatoms. The van der Waals surface area contributed by atoms with E-state index in [1.54, 1.807) is 0 Å². The van der Waals surface area contributed by atoms with Gasteiger partial charge in [0.2, 0.25) is 0 Å². The molecule has 7 atom stereocenters. The summed E-state index contributed by atoms with van der Waals surface area (Å²) in [7, 11) is 1.98. The molecule has 0 amide bonds. The number of aromatic nitrogens is 2. The van der Waals surface area contributed by atoms with E-state index in [2.05, 4.69) is 31.9 Å². The van der Waals surface area contributed by atoms with Crippen LogP contribution in [0.5, 0.6) is 0 Å². The highest BCUT2D eigenvalue weighted by Gasteiger charge is 2.61. The van der Waals surface area contributed by atoms with Crippen molar-refractivity contribution in [1.82, 2.24) is 9.78 Å². The summed E-state index contributed by atoms with van der Waals surface area (Å²) in [4.78, 5) is 13.6. The van der Waals surface area contributed by atoms with Crippen LogP contribution in [0.1, 0.15) is 82.2 Å². The number of aliphatic hydroxyl groups is 1. The smallest absolute Gasteiger partial charge is 0.165 e. The molecule has 164 valence electrons. The molecule has 5 rings (SSSR count). The van der Waals surface area contributed by atoms with Gasteiger partial charge in [-0.2, -0.15) is 5.10 Å². The van der Waals surface area contributed by atoms with E-state index in [9.17, 15) is 9.90 Å². The maximum atomic E-state index is 13.6. The van der Waals surface area contributed by atoms with Gasteiger partial charge in [0.15, 0.2) is 5.78 Å². The largest absolute Gasteiger partial charge is 0.393 e. The standard InChI is InChI=1S/C26H38N2O2/c1-15-21(16(2)28(5)27-15)12-17-13-23-20-7-6-18-14-19(29)8-10-25(18,3)22(20)9-11-26(23,4)24(17)30/h12,18-20,22-23,29H,6-11,13-14H2,1-5H3/b17-12+/t18-,19-,20-,22+,23+,25-,26+/m0/s1. The summed E-state index contributed by atoms with van der Waals surface area (Å²) >= 11 is 0. The van der Waals surface area contributed by atoms with Crippen molar-refractivity contribution in [3.8, 4) is 0 Å². The fourth-order valence-corrected chi connectivity index (χ4v) is 8.21. The van der Waals surface area contributed by atoms with Crippen molar-refractivity contribution in [2.45, 2.75) is 85.2 Å². The predicted molar refractivity (Wildman–Crippen MR) is 119 cm³/mol. The first-order valence-corrected chi connectivity index (χ1v) is 12.1. The summed E-state index contributed by atoms with van der Waals surface area (Å²) in [6.45, 7) is 8.91. The molecular weight excluding hydrogens is 372 g/mol. The normalized spacial score (nSPS) is 44.7. The molecule has 4 aliphatic carbocycles. The number of Topliss-reactive ketones (excluding diaryl/α,β-unsaturated/α-hetero) is 1. The maximum absolute atomic E-state index is 13.6. The van der Waals surface area contributed by atoms with Crippen LogP contribution in [0.3, 0.4) is 0 Å². The van der Waals surface area contributed by atoms with Crippen LogP contribution in [0.25, 0.3) is 6.08 Å². The van der Waals surface area contributed by atoms with Gasteiger partial charge in [0.05, 0.1) is 11.8 Å². The second-order valence-corrected chi connectivity index (χ2v) is 11.5. The molecule has 30 heavy (non-hydrogen) atoms. The summed E-state index contributed by atoms with van der Waals surface area (Å²) in [5.74, 6) is 2.93. The number of allylic oxidation sites excluding steroid dienone is 1. The molecule has 1 N–H and O–H groups in total. The minimum atomic E-state index is -0.186. The minimum absolute atomic E-state index is 0.0953. The molecule has 0 aromatic carbocycles. The number of hydrogen-bond acceptors (Lipinski definition) is 3. The van der Waals surface area contributed by atoms with Crippen molar-refractivity contribution in [3.05, 3.63) is 22.5 Å². The van der Waals surface area contributed by atoms with Crippen LogP contribution in [-0.4, -0.2) is 26.8 Å². The Labute approximate surface area is 181 Å². The Bertz CT molecular complexity index is 914. The van der Waals surface area contributed by atoms with Crippen LogP contribution in [0.15, 0.2) is 5.57 Å². The summed E-state index contributed by atoms with van der Waals surface area (Å²) in [5, 5.41) is 14.8. The highest BCUT2D eigenvalue weighted by Crippen LogP contribution is 2.66. The molecule has 4 saturated carbocycles. The zero-order valence-corrected chi connectivity index (χ0v) is 19.4. The molecule has 4 aliphatic rings. The van der Waals surface area contributed by atoms with E-state index in [1.807, 2.05) is 18.7 Å². The molecule has 0 unspecified atom stereocenters. The van der Waals surface area contributed by atoms with Crippen LogP contribution in [0.4, 0.5) is 0 Å². The third-order valence-electron chi connectivity index (χ3n) is 10.2. The lowest BCUT2D eigenvalue weighted by Crippen LogP contribution is -2.54. The number of fused-ring (bicyclic) bond motifs is 5. The third kappa shape index (κ3) is 2.75. The van der Waals surface area contributed by atoms with Crippen LogP contribution in [-0.2, 0) is 11.8 Å². The van der Waals surface area contributed by atoms with E-state index >= 15 is 0 Å². The molecule has 1 heterocycles. The molecule has 4 nitrogen and oxygen atoms in total. The number of ketones is 1. The number of aliphatic hydroxyl groups excluding tert-OH is 1. The van der Waals surface area contributed by atoms with E-state index in [-0.39, 0.29) is 11.5 Å². The van der Waals surface area contributed by atoms with Gasteiger partial charge in [-0.25, -0.2) is 0 Å². The Morgan fingerprint density at radius 1 is 1.10 bits per heavy atom. The lowest BCUT2D eigenvalue weighted by molar-refractivity contribution is -0.141. The maximum Gasteiger partial charge on any atom is 0.165 e. The molecule has 0 aliphatic heterocycles. The highest BCUT2D eigenvalue weighted by atomic mass is 16.3. The Hall–Kier alpha value is -1.42. The zero-order chi connectivity index (χ0) is 21.4. The Morgan fingerprint density at radius 3 is 2.57 bits per heavy atom. The van der Waals surface area contributed by atoms with E-state index in [4.69, 9.17) is 0 Å². The van der Waals surface area contributed by atoms with Gasteiger partial charge in [0.1, 0.15) is 0 Å². The van der Waals surface area contributed by atoms with Crippen LogP contribution in [0, 0.1) is 48.3 Å². The predicted octanol–water partition coefficient (Wildman–Crippen LogP) is 5.00. The van der Waals surface area contributed by atoms with Crippen molar-refractivity contribution in [2.75, 3.05) is 0 Å². The number of aryl methyl sites for hydroxylation is 2. The molecule has 1 aromatic heterocycles. The van der Waals surface area contributed by atoms with Gasteiger partial charge in [-0.3, -0.25) is 9.48 Å². The third-order valence-corrected chi connectivity index (χ3v) is 10.2. The number of hydrogen-bond donors (Lipinski definition) is 1. The lowest BCUT2D eigenvalue weighted by atomic mass is 9.45. The van der Waals surface area contributed by atoms with Crippen LogP contribution >= 0.6 is 0 Å². The summed E-state index contributed by atoms with van der Waals surface area (Å²) in [6.07, 6.45) is 10.8. The fourth-order valence-electron chi connectivity index (χ4n) is 8.21. The van der Waals surface area contributed by atoms with Crippen molar-refractivity contribution in [3.63, 3.8) is 0 Å². The average molecular weight is 411 g/mol. The van der Waals surface area contributed by atoms with E-state index < -0.39 is 0 Å². The quantitative estimate of drug-likeness (QED) is 0.663. The Morgan fingerprint density at radius 2 is 1.87 bits per heavy atom. The number of carbonyl (C=O) groups is 1. The summed E-state index contributed by atoms with van der Waals surface area (Å²) in [5.41, 5.74) is 4.50. The topological polar surface area (TPSA) is 55.1 Å². The van der Waals surface area contributed by atoms with E-state index in [0.717, 1.165) is 60.5 Å². The lowest BCUT2D eigenvalue weighted by Gasteiger charge is -2.59. The number of rotatable bonds is 1. The molecule has 0 spiro atoms. The monoisotopic (exact) mass is 410 g/mol. The van der Waals surface area contributed by atoms with Gasteiger partial charge < -0.3 is 5.11 Å². The van der Waals surface area contributed by atoms with Crippen LogP contribution in [0.2, 0.25) is 0 Å². The van der Waals surface area contributed by atoms with Crippen molar-refractivity contribution >= 4 is 11.9 Å². The minimum Gasteiger partial charge on any atom is -0.393 e. The van der Waals surface area contributed by atoms with Crippen LogP contribution < -0.4 is 0 Å². The first kappa shape index (κ1) is 20.5.